The number of hydrogen-bond donors (Lipinski definition) is 1. The van der Waals surface area contributed by atoms with Gasteiger partial charge in [-0.1, -0.05) is 71.7 Å². The molecule has 1 saturated heterocycles. The number of benzene rings is 2. The highest BCUT2D eigenvalue weighted by molar-refractivity contribution is 9.10. The Morgan fingerprint density at radius 3 is 2.23 bits per heavy atom. The van der Waals surface area contributed by atoms with Crippen LogP contribution in [-0.4, -0.2) is 52.8 Å². The molecule has 0 spiro atoms. The van der Waals surface area contributed by atoms with Gasteiger partial charge in [-0.05, 0) is 50.7 Å². The summed E-state index contributed by atoms with van der Waals surface area (Å²) in [6.07, 6.45) is 0.756. The summed E-state index contributed by atoms with van der Waals surface area (Å²) in [5, 5.41) is 11.1. The van der Waals surface area contributed by atoms with Gasteiger partial charge in [0, 0.05) is 16.6 Å². The summed E-state index contributed by atoms with van der Waals surface area (Å²) in [6.45, 7) is 9.37. The maximum Gasteiger partial charge on any atom is 0.295 e. The Hall–Kier alpha value is -2.44. The fraction of sp³-hybridized carbons (Fsp3) is 0.360. The Labute approximate surface area is 192 Å². The summed E-state index contributed by atoms with van der Waals surface area (Å²) in [5.41, 5.74) is 2.55. The molecule has 0 aliphatic carbocycles. The van der Waals surface area contributed by atoms with Gasteiger partial charge in [-0.25, -0.2) is 0 Å². The molecular formula is C25H29BrN2O3. The van der Waals surface area contributed by atoms with E-state index < -0.39 is 17.7 Å². The number of carbonyl (C=O) groups is 2. The van der Waals surface area contributed by atoms with Crippen LogP contribution in [0.3, 0.4) is 0 Å². The molecule has 0 bridgehead atoms. The fourth-order valence-electron chi connectivity index (χ4n) is 3.97. The molecule has 1 aliphatic heterocycles. The average Bonchev–Trinajstić information content (AvgIpc) is 3.02. The van der Waals surface area contributed by atoms with Gasteiger partial charge in [-0.2, -0.15) is 0 Å². The van der Waals surface area contributed by atoms with Crippen LogP contribution in [0.4, 0.5) is 0 Å². The van der Waals surface area contributed by atoms with Gasteiger partial charge < -0.3 is 14.9 Å². The second-order valence-electron chi connectivity index (χ2n) is 7.79. The number of aliphatic hydroxyl groups is 1. The number of carbonyl (C=O) groups excluding carboxylic acids is 2. The molecule has 3 rings (SSSR count). The summed E-state index contributed by atoms with van der Waals surface area (Å²) in [6, 6.07) is 14.3. The smallest absolute Gasteiger partial charge is 0.295 e. The van der Waals surface area contributed by atoms with E-state index in [0.29, 0.717) is 12.1 Å². The van der Waals surface area contributed by atoms with Crippen molar-refractivity contribution in [1.82, 2.24) is 9.80 Å². The first-order chi connectivity index (χ1) is 14.9. The summed E-state index contributed by atoms with van der Waals surface area (Å²) in [5.74, 6) is -1.31. The SMILES string of the molecule is CCN(CC)CCCN1C(=O)C(=O)C(=C(O)c2ccc(C)cc2)C1c1ccc(Br)cc1. The molecule has 1 fully saturated rings. The first-order valence-corrected chi connectivity index (χ1v) is 11.5. The van der Waals surface area contributed by atoms with Crippen LogP contribution in [0, 0.1) is 6.92 Å². The van der Waals surface area contributed by atoms with Crippen LogP contribution < -0.4 is 0 Å². The summed E-state index contributed by atoms with van der Waals surface area (Å²) in [4.78, 5) is 29.9. The highest BCUT2D eigenvalue weighted by Gasteiger charge is 2.45. The van der Waals surface area contributed by atoms with Gasteiger partial charge >= 0.3 is 0 Å². The van der Waals surface area contributed by atoms with Gasteiger partial charge in [0.1, 0.15) is 5.76 Å². The van der Waals surface area contributed by atoms with Crippen LogP contribution in [0.1, 0.15) is 43.0 Å². The van der Waals surface area contributed by atoms with E-state index >= 15 is 0 Å². The molecule has 1 heterocycles. The van der Waals surface area contributed by atoms with E-state index in [-0.39, 0.29) is 11.3 Å². The standard InChI is InChI=1S/C25H29BrN2O3/c1-4-27(5-2)15-6-16-28-22(18-11-13-20(26)14-12-18)21(24(30)25(28)31)23(29)19-9-7-17(3)8-10-19/h7-14,22,29H,4-6,15-16H2,1-3H3. The predicted octanol–water partition coefficient (Wildman–Crippen LogP) is 4.91. The second kappa shape index (κ2) is 10.2. The van der Waals surface area contributed by atoms with Crippen molar-refractivity contribution in [3.8, 4) is 0 Å². The average molecular weight is 485 g/mol. The van der Waals surface area contributed by atoms with Gasteiger partial charge in [0.05, 0.1) is 11.6 Å². The van der Waals surface area contributed by atoms with E-state index in [2.05, 4.69) is 34.7 Å². The first kappa shape index (κ1) is 23.2. The number of likely N-dealkylation sites (tertiary alicyclic amines) is 1. The molecule has 1 atom stereocenters. The topological polar surface area (TPSA) is 60.9 Å². The number of aliphatic hydroxyl groups excluding tert-OH is 1. The third-order valence-corrected chi connectivity index (χ3v) is 6.35. The van der Waals surface area contributed by atoms with Crippen LogP contribution >= 0.6 is 15.9 Å². The third kappa shape index (κ3) is 5.08. The Balaban J connectivity index is 2.01. The lowest BCUT2D eigenvalue weighted by atomic mass is 9.95. The Morgan fingerprint density at radius 1 is 1.03 bits per heavy atom. The monoisotopic (exact) mass is 484 g/mol. The van der Waals surface area contributed by atoms with E-state index in [0.717, 1.165) is 41.7 Å². The van der Waals surface area contributed by atoms with Crippen LogP contribution in [0.15, 0.2) is 58.6 Å². The minimum Gasteiger partial charge on any atom is -0.507 e. The summed E-state index contributed by atoms with van der Waals surface area (Å²) < 4.78 is 0.910. The number of aryl methyl sites for hydroxylation is 1. The Kier molecular flexibility index (Phi) is 7.68. The molecule has 31 heavy (non-hydrogen) atoms. The van der Waals surface area contributed by atoms with Crippen molar-refractivity contribution in [2.24, 2.45) is 0 Å². The molecule has 2 aromatic carbocycles. The van der Waals surface area contributed by atoms with Gasteiger partial charge in [0.2, 0.25) is 0 Å². The third-order valence-electron chi connectivity index (χ3n) is 5.82. The largest absolute Gasteiger partial charge is 0.507 e. The number of ketones is 1. The van der Waals surface area contributed by atoms with Crippen molar-refractivity contribution in [2.75, 3.05) is 26.2 Å². The van der Waals surface area contributed by atoms with Crippen molar-refractivity contribution in [2.45, 2.75) is 33.2 Å². The fourth-order valence-corrected chi connectivity index (χ4v) is 4.24. The van der Waals surface area contributed by atoms with Crippen molar-refractivity contribution in [3.05, 3.63) is 75.3 Å². The Bertz CT molecular complexity index is 963. The number of amides is 1. The zero-order valence-corrected chi connectivity index (χ0v) is 19.9. The van der Waals surface area contributed by atoms with Crippen molar-refractivity contribution in [1.29, 1.82) is 0 Å². The second-order valence-corrected chi connectivity index (χ2v) is 8.71. The lowest BCUT2D eigenvalue weighted by molar-refractivity contribution is -0.140. The van der Waals surface area contributed by atoms with Crippen molar-refractivity contribution in [3.63, 3.8) is 0 Å². The molecule has 1 aliphatic rings. The van der Waals surface area contributed by atoms with Gasteiger partial charge in [-0.15, -0.1) is 0 Å². The van der Waals surface area contributed by atoms with Crippen molar-refractivity contribution >= 4 is 33.4 Å². The number of halogens is 1. The van der Waals surface area contributed by atoms with E-state index in [4.69, 9.17) is 0 Å². The summed E-state index contributed by atoms with van der Waals surface area (Å²) >= 11 is 3.44. The summed E-state index contributed by atoms with van der Waals surface area (Å²) in [7, 11) is 0. The molecule has 1 amide bonds. The van der Waals surface area contributed by atoms with Crippen LogP contribution in [0.2, 0.25) is 0 Å². The molecule has 0 aromatic heterocycles. The predicted molar refractivity (Wildman–Crippen MR) is 127 cm³/mol. The van der Waals surface area contributed by atoms with E-state index in [1.54, 1.807) is 17.0 Å². The van der Waals surface area contributed by atoms with E-state index in [9.17, 15) is 14.7 Å². The zero-order valence-electron chi connectivity index (χ0n) is 18.3. The van der Waals surface area contributed by atoms with Crippen LogP contribution in [-0.2, 0) is 9.59 Å². The molecule has 2 aromatic rings. The molecular weight excluding hydrogens is 456 g/mol. The molecule has 1 unspecified atom stereocenters. The number of hydrogen-bond acceptors (Lipinski definition) is 4. The lowest BCUT2D eigenvalue weighted by Gasteiger charge is -2.26. The molecule has 1 N–H and O–H groups in total. The van der Waals surface area contributed by atoms with E-state index in [1.807, 2.05) is 43.3 Å². The van der Waals surface area contributed by atoms with Crippen LogP contribution in [0.25, 0.3) is 5.76 Å². The molecule has 0 radical (unpaired) electrons. The maximum atomic E-state index is 13.0. The van der Waals surface area contributed by atoms with Gasteiger partial charge in [0.15, 0.2) is 0 Å². The quantitative estimate of drug-likeness (QED) is 0.328. The number of rotatable bonds is 8. The molecule has 6 heteroatoms. The van der Waals surface area contributed by atoms with Crippen LogP contribution in [0.5, 0.6) is 0 Å². The van der Waals surface area contributed by atoms with Gasteiger partial charge in [-0.3, -0.25) is 9.59 Å². The highest BCUT2D eigenvalue weighted by Crippen LogP contribution is 2.39. The number of nitrogens with zero attached hydrogens (tertiary/aromatic N) is 2. The molecule has 164 valence electrons. The van der Waals surface area contributed by atoms with E-state index in [1.165, 1.54) is 0 Å². The number of Topliss-reactive ketones (excluding diaryl/α,β-unsaturated/α-hetero) is 1. The minimum atomic E-state index is -0.631. The first-order valence-electron chi connectivity index (χ1n) is 10.7. The lowest BCUT2D eigenvalue weighted by Crippen LogP contribution is -2.33. The van der Waals surface area contributed by atoms with Crippen molar-refractivity contribution < 1.29 is 14.7 Å². The highest BCUT2D eigenvalue weighted by atomic mass is 79.9. The molecule has 5 nitrogen and oxygen atoms in total. The zero-order chi connectivity index (χ0) is 22.5. The minimum absolute atomic E-state index is 0.127. The Morgan fingerprint density at radius 2 is 1.65 bits per heavy atom. The normalized spacial score (nSPS) is 18.2. The molecule has 0 saturated carbocycles. The maximum absolute atomic E-state index is 13.0. The van der Waals surface area contributed by atoms with Gasteiger partial charge in [0.25, 0.3) is 11.7 Å².